The van der Waals surface area contributed by atoms with Crippen LogP contribution in [0.3, 0.4) is 0 Å². The maximum atomic E-state index is 13.0. The van der Waals surface area contributed by atoms with Gasteiger partial charge in [-0.3, -0.25) is 4.79 Å². The predicted molar refractivity (Wildman–Crippen MR) is 88.2 cm³/mol. The number of hydrogen-bond acceptors (Lipinski definition) is 6. The Kier molecular flexibility index (Phi) is 4.29. The predicted octanol–water partition coefficient (Wildman–Crippen LogP) is 2.79. The Labute approximate surface area is 145 Å². The molecule has 0 aliphatic carbocycles. The van der Waals surface area contributed by atoms with Crippen molar-refractivity contribution in [2.24, 2.45) is 0 Å². The molecular formula is C18H21N3O4. The Morgan fingerprint density at radius 2 is 2.12 bits per heavy atom. The van der Waals surface area contributed by atoms with Crippen LogP contribution in [-0.2, 0) is 11.2 Å². The number of carbonyl (C=O) groups is 1. The second-order valence-corrected chi connectivity index (χ2v) is 6.49. The Balaban J connectivity index is 1.53. The van der Waals surface area contributed by atoms with E-state index in [1.165, 1.54) is 0 Å². The first-order valence-electron chi connectivity index (χ1n) is 8.69. The number of fused-ring (bicyclic) bond motifs is 1. The maximum absolute atomic E-state index is 13.0. The summed E-state index contributed by atoms with van der Waals surface area (Å²) in [6.07, 6.45) is 4.36. The molecule has 1 saturated heterocycles. The van der Waals surface area contributed by atoms with Gasteiger partial charge in [-0.25, -0.2) is 0 Å². The molecule has 7 nitrogen and oxygen atoms in total. The number of carbonyl (C=O) groups excluding carboxylic acids is 1. The molecule has 0 spiro atoms. The number of hydrogen-bond donors (Lipinski definition) is 0. The van der Waals surface area contributed by atoms with Gasteiger partial charge in [-0.2, -0.15) is 4.98 Å². The summed E-state index contributed by atoms with van der Waals surface area (Å²) < 4.78 is 15.8. The van der Waals surface area contributed by atoms with E-state index in [1.54, 1.807) is 6.92 Å². The van der Waals surface area contributed by atoms with E-state index >= 15 is 0 Å². The van der Waals surface area contributed by atoms with Crippen LogP contribution in [0.5, 0.6) is 11.5 Å². The maximum Gasteiger partial charge on any atom is 0.231 e. The van der Waals surface area contributed by atoms with E-state index in [-0.39, 0.29) is 18.7 Å². The van der Waals surface area contributed by atoms with Crippen molar-refractivity contribution in [1.82, 2.24) is 15.0 Å². The smallest absolute Gasteiger partial charge is 0.231 e. The van der Waals surface area contributed by atoms with Crippen molar-refractivity contribution >= 4 is 5.91 Å². The molecule has 4 rings (SSSR count). The van der Waals surface area contributed by atoms with Gasteiger partial charge >= 0.3 is 0 Å². The first-order chi connectivity index (χ1) is 12.2. The second-order valence-electron chi connectivity index (χ2n) is 6.49. The lowest BCUT2D eigenvalue weighted by Crippen LogP contribution is -2.36. The van der Waals surface area contributed by atoms with E-state index in [4.69, 9.17) is 14.0 Å². The first-order valence-corrected chi connectivity index (χ1v) is 8.69. The third-order valence-corrected chi connectivity index (χ3v) is 4.71. The normalized spacial score (nSPS) is 19.7. The molecule has 2 aliphatic rings. The highest BCUT2D eigenvalue weighted by atomic mass is 16.7. The van der Waals surface area contributed by atoms with Crippen LogP contribution in [0.1, 0.15) is 49.0 Å². The van der Waals surface area contributed by atoms with Gasteiger partial charge in [0.2, 0.25) is 18.6 Å². The van der Waals surface area contributed by atoms with E-state index in [2.05, 4.69) is 10.1 Å². The van der Waals surface area contributed by atoms with Crippen LogP contribution in [0.2, 0.25) is 0 Å². The monoisotopic (exact) mass is 343 g/mol. The molecule has 0 saturated carbocycles. The fourth-order valence-corrected chi connectivity index (χ4v) is 3.45. The van der Waals surface area contributed by atoms with Crippen molar-refractivity contribution < 1.29 is 18.8 Å². The lowest BCUT2D eigenvalue weighted by molar-refractivity contribution is -0.133. The van der Waals surface area contributed by atoms with Crippen molar-refractivity contribution in [1.29, 1.82) is 0 Å². The van der Waals surface area contributed by atoms with Crippen LogP contribution in [-0.4, -0.2) is 34.3 Å². The largest absolute Gasteiger partial charge is 0.454 e. The summed E-state index contributed by atoms with van der Waals surface area (Å²) in [6.45, 7) is 2.73. The van der Waals surface area contributed by atoms with Crippen LogP contribution in [0, 0.1) is 6.92 Å². The van der Waals surface area contributed by atoms with Gasteiger partial charge in [-0.15, -0.1) is 0 Å². The van der Waals surface area contributed by atoms with Crippen molar-refractivity contribution in [2.75, 3.05) is 13.3 Å². The second kappa shape index (κ2) is 6.74. The molecule has 25 heavy (non-hydrogen) atoms. The van der Waals surface area contributed by atoms with Gasteiger partial charge in [0, 0.05) is 13.5 Å². The minimum atomic E-state index is -0.110. The number of aryl methyl sites for hydroxylation is 1. The Bertz CT molecular complexity index is 773. The van der Waals surface area contributed by atoms with Crippen LogP contribution < -0.4 is 9.47 Å². The molecule has 1 fully saturated rings. The van der Waals surface area contributed by atoms with Gasteiger partial charge < -0.3 is 18.9 Å². The minimum Gasteiger partial charge on any atom is -0.454 e. The lowest BCUT2D eigenvalue weighted by atomic mass is 10.1. The molecule has 0 N–H and O–H groups in total. The van der Waals surface area contributed by atoms with Crippen LogP contribution in [0.15, 0.2) is 22.7 Å². The summed E-state index contributed by atoms with van der Waals surface area (Å²) in [5.41, 5.74) is 0.918. The van der Waals surface area contributed by atoms with Crippen LogP contribution in [0.25, 0.3) is 0 Å². The quantitative estimate of drug-likeness (QED) is 0.853. The first kappa shape index (κ1) is 15.9. The molecular weight excluding hydrogens is 322 g/mol. The molecule has 0 bridgehead atoms. The third-order valence-electron chi connectivity index (χ3n) is 4.71. The number of nitrogens with zero attached hydrogens (tertiary/aromatic N) is 3. The van der Waals surface area contributed by atoms with Gasteiger partial charge in [-0.1, -0.05) is 24.1 Å². The average Bonchev–Trinajstić information content (AvgIpc) is 3.16. The summed E-state index contributed by atoms with van der Waals surface area (Å²) in [5.74, 6) is 2.65. The van der Waals surface area contributed by atoms with Crippen molar-refractivity contribution in [3.63, 3.8) is 0 Å². The van der Waals surface area contributed by atoms with Gasteiger partial charge in [0.15, 0.2) is 17.3 Å². The molecule has 3 heterocycles. The Morgan fingerprint density at radius 1 is 1.24 bits per heavy atom. The number of benzene rings is 1. The summed E-state index contributed by atoms with van der Waals surface area (Å²) >= 11 is 0. The SMILES string of the molecule is Cc1nc([C@@H]2CCCCCN2C(=O)Cc2ccc3c(c2)OCO3)no1. The van der Waals surface area contributed by atoms with Gasteiger partial charge in [0.05, 0.1) is 12.5 Å². The van der Waals surface area contributed by atoms with Gasteiger partial charge in [-0.05, 0) is 30.5 Å². The van der Waals surface area contributed by atoms with Crippen molar-refractivity contribution in [2.45, 2.75) is 45.1 Å². The summed E-state index contributed by atoms with van der Waals surface area (Å²) in [7, 11) is 0. The topological polar surface area (TPSA) is 77.7 Å². The van der Waals surface area contributed by atoms with Gasteiger partial charge in [0.1, 0.15) is 0 Å². The Morgan fingerprint density at radius 3 is 2.96 bits per heavy atom. The molecule has 1 aromatic carbocycles. The molecule has 0 radical (unpaired) electrons. The fourth-order valence-electron chi connectivity index (χ4n) is 3.45. The van der Waals surface area contributed by atoms with Gasteiger partial charge in [0.25, 0.3) is 0 Å². The molecule has 0 unspecified atom stereocenters. The summed E-state index contributed by atoms with van der Waals surface area (Å²) in [5, 5.41) is 4.05. The molecule has 132 valence electrons. The van der Waals surface area contributed by atoms with E-state index in [0.29, 0.717) is 23.9 Å². The highest BCUT2D eigenvalue weighted by molar-refractivity contribution is 5.79. The molecule has 1 atom stereocenters. The van der Waals surface area contributed by atoms with E-state index in [0.717, 1.165) is 43.5 Å². The summed E-state index contributed by atoms with van der Waals surface area (Å²) in [6, 6.07) is 5.54. The minimum absolute atomic E-state index is 0.0771. The average molecular weight is 343 g/mol. The zero-order chi connectivity index (χ0) is 17.2. The van der Waals surface area contributed by atoms with E-state index in [1.807, 2.05) is 23.1 Å². The third kappa shape index (κ3) is 3.31. The standard InChI is InChI=1S/C18H21N3O4/c1-12-19-18(20-25-12)14-5-3-2-4-8-21(14)17(22)10-13-6-7-15-16(9-13)24-11-23-15/h6-7,9,14H,2-5,8,10-11H2,1H3/t14-/m0/s1. The van der Waals surface area contributed by atoms with Crippen molar-refractivity contribution in [3.8, 4) is 11.5 Å². The Hall–Kier alpha value is -2.57. The zero-order valence-electron chi connectivity index (χ0n) is 14.2. The number of amides is 1. The van der Waals surface area contributed by atoms with Crippen molar-refractivity contribution in [3.05, 3.63) is 35.5 Å². The number of ether oxygens (including phenoxy) is 2. The molecule has 1 aromatic heterocycles. The number of rotatable bonds is 3. The highest BCUT2D eigenvalue weighted by Gasteiger charge is 2.30. The molecule has 1 amide bonds. The number of likely N-dealkylation sites (tertiary alicyclic amines) is 1. The van der Waals surface area contributed by atoms with E-state index < -0.39 is 0 Å². The highest BCUT2D eigenvalue weighted by Crippen LogP contribution is 2.33. The lowest BCUT2D eigenvalue weighted by Gasteiger charge is -2.28. The molecule has 2 aromatic rings. The fraction of sp³-hybridized carbons (Fsp3) is 0.500. The number of aromatic nitrogens is 2. The van der Waals surface area contributed by atoms with Crippen LogP contribution in [0.4, 0.5) is 0 Å². The zero-order valence-corrected chi connectivity index (χ0v) is 14.2. The summed E-state index contributed by atoms with van der Waals surface area (Å²) in [4.78, 5) is 19.2. The molecule has 2 aliphatic heterocycles. The van der Waals surface area contributed by atoms with Crippen LogP contribution >= 0.6 is 0 Å². The molecule has 7 heteroatoms. The van der Waals surface area contributed by atoms with E-state index in [9.17, 15) is 4.79 Å².